The summed E-state index contributed by atoms with van der Waals surface area (Å²) in [5.74, 6) is 3.52. The molecule has 0 N–H and O–H groups in total. The van der Waals surface area contributed by atoms with E-state index >= 15 is 0 Å². The maximum atomic E-state index is 12.2. The summed E-state index contributed by atoms with van der Waals surface area (Å²) in [4.78, 5) is 12.2. The second-order valence-corrected chi connectivity index (χ2v) is 6.70. The Morgan fingerprint density at radius 2 is 1.89 bits per heavy atom. The van der Waals surface area contributed by atoms with Crippen molar-refractivity contribution in [2.45, 2.75) is 78.1 Å². The molecule has 0 bridgehead atoms. The fraction of sp³-hybridized carbons (Fsp3) is 0.941. The van der Waals surface area contributed by atoms with Gasteiger partial charge in [-0.25, -0.2) is 0 Å². The molecule has 4 unspecified atom stereocenters. The molecule has 0 spiro atoms. The quantitative estimate of drug-likeness (QED) is 0.687. The maximum absolute atomic E-state index is 12.2. The van der Waals surface area contributed by atoms with Gasteiger partial charge in [0.1, 0.15) is 5.78 Å². The first-order valence-corrected chi connectivity index (χ1v) is 8.27. The van der Waals surface area contributed by atoms with Crippen LogP contribution in [0, 0.1) is 23.7 Å². The number of ketones is 1. The Kier molecular flexibility index (Phi) is 5.26. The molecular formula is C17H30O. The molecule has 0 aliphatic heterocycles. The van der Waals surface area contributed by atoms with E-state index in [-0.39, 0.29) is 0 Å². The first-order valence-electron chi connectivity index (χ1n) is 8.27. The number of hydrogen-bond acceptors (Lipinski definition) is 1. The SMILES string of the molecule is CCCC1CCC(=O)C(C2CCCC(CC)C2)C1. The molecule has 0 aromatic rings. The van der Waals surface area contributed by atoms with Crippen molar-refractivity contribution in [2.75, 3.05) is 0 Å². The van der Waals surface area contributed by atoms with Crippen LogP contribution in [0.25, 0.3) is 0 Å². The van der Waals surface area contributed by atoms with Gasteiger partial charge in [-0.2, -0.15) is 0 Å². The standard InChI is InChI=1S/C17H30O/c1-3-6-14-9-10-17(18)16(12-14)15-8-5-7-13(4-2)11-15/h13-16H,3-12H2,1-2H3. The Labute approximate surface area is 113 Å². The minimum Gasteiger partial charge on any atom is -0.299 e. The fourth-order valence-corrected chi connectivity index (χ4v) is 4.33. The minimum absolute atomic E-state index is 0.435. The molecule has 0 radical (unpaired) electrons. The normalized spacial score (nSPS) is 37.8. The van der Waals surface area contributed by atoms with E-state index in [1.165, 1.54) is 57.8 Å². The van der Waals surface area contributed by atoms with Gasteiger partial charge in [0, 0.05) is 12.3 Å². The van der Waals surface area contributed by atoms with E-state index in [4.69, 9.17) is 0 Å². The van der Waals surface area contributed by atoms with Crippen molar-refractivity contribution in [1.82, 2.24) is 0 Å². The molecule has 0 saturated heterocycles. The number of carbonyl (C=O) groups excluding carboxylic acids is 1. The highest BCUT2D eigenvalue weighted by molar-refractivity contribution is 5.82. The minimum atomic E-state index is 0.435. The van der Waals surface area contributed by atoms with Crippen LogP contribution in [0.15, 0.2) is 0 Å². The summed E-state index contributed by atoms with van der Waals surface area (Å²) in [6, 6.07) is 0. The van der Waals surface area contributed by atoms with Crippen LogP contribution in [0.3, 0.4) is 0 Å². The van der Waals surface area contributed by atoms with Gasteiger partial charge >= 0.3 is 0 Å². The molecule has 2 fully saturated rings. The van der Waals surface area contributed by atoms with Crippen molar-refractivity contribution in [3.8, 4) is 0 Å². The van der Waals surface area contributed by atoms with Crippen LogP contribution in [0.5, 0.6) is 0 Å². The summed E-state index contributed by atoms with van der Waals surface area (Å²) in [5, 5.41) is 0. The van der Waals surface area contributed by atoms with Gasteiger partial charge in [0.2, 0.25) is 0 Å². The van der Waals surface area contributed by atoms with E-state index in [0.29, 0.717) is 11.7 Å². The molecule has 0 amide bonds. The van der Waals surface area contributed by atoms with Crippen molar-refractivity contribution < 1.29 is 4.79 Å². The van der Waals surface area contributed by atoms with Gasteiger partial charge < -0.3 is 0 Å². The van der Waals surface area contributed by atoms with E-state index < -0.39 is 0 Å². The van der Waals surface area contributed by atoms with Crippen molar-refractivity contribution in [1.29, 1.82) is 0 Å². The molecule has 0 aromatic heterocycles. The summed E-state index contributed by atoms with van der Waals surface area (Å²) in [7, 11) is 0. The van der Waals surface area contributed by atoms with Gasteiger partial charge in [-0.15, -0.1) is 0 Å². The largest absolute Gasteiger partial charge is 0.299 e. The van der Waals surface area contributed by atoms with Crippen molar-refractivity contribution in [3.63, 3.8) is 0 Å². The molecule has 1 heteroatoms. The Morgan fingerprint density at radius 1 is 1.06 bits per heavy atom. The molecule has 2 saturated carbocycles. The smallest absolute Gasteiger partial charge is 0.136 e. The highest BCUT2D eigenvalue weighted by Crippen LogP contribution is 2.42. The second kappa shape index (κ2) is 6.73. The third-order valence-corrected chi connectivity index (χ3v) is 5.47. The molecule has 2 aliphatic carbocycles. The van der Waals surface area contributed by atoms with Crippen molar-refractivity contribution >= 4 is 5.78 Å². The molecule has 4 atom stereocenters. The first kappa shape index (κ1) is 14.1. The first-order chi connectivity index (χ1) is 8.74. The molecule has 0 aromatic carbocycles. The molecule has 2 aliphatic rings. The Morgan fingerprint density at radius 3 is 2.61 bits per heavy atom. The van der Waals surface area contributed by atoms with Crippen LogP contribution < -0.4 is 0 Å². The Hall–Kier alpha value is -0.330. The van der Waals surface area contributed by atoms with Crippen LogP contribution >= 0.6 is 0 Å². The lowest BCUT2D eigenvalue weighted by Gasteiger charge is -2.37. The predicted octanol–water partition coefficient (Wildman–Crippen LogP) is 4.99. The van der Waals surface area contributed by atoms with Crippen LogP contribution in [0.1, 0.15) is 78.1 Å². The lowest BCUT2D eigenvalue weighted by Crippen LogP contribution is -2.33. The zero-order valence-electron chi connectivity index (χ0n) is 12.3. The highest BCUT2D eigenvalue weighted by Gasteiger charge is 2.36. The molecule has 2 rings (SSSR count). The van der Waals surface area contributed by atoms with Crippen LogP contribution in [0.2, 0.25) is 0 Å². The summed E-state index contributed by atoms with van der Waals surface area (Å²) >= 11 is 0. The Bertz CT molecular complexity index is 271. The number of hydrogen-bond donors (Lipinski definition) is 0. The molecule has 1 nitrogen and oxygen atoms in total. The summed E-state index contributed by atoms with van der Waals surface area (Å²) < 4.78 is 0. The maximum Gasteiger partial charge on any atom is 0.136 e. The topological polar surface area (TPSA) is 17.1 Å². The van der Waals surface area contributed by atoms with E-state index in [0.717, 1.165) is 24.2 Å². The zero-order chi connectivity index (χ0) is 13.0. The van der Waals surface area contributed by atoms with Gasteiger partial charge in [-0.05, 0) is 43.4 Å². The average molecular weight is 250 g/mol. The van der Waals surface area contributed by atoms with Gasteiger partial charge in [-0.3, -0.25) is 4.79 Å². The van der Waals surface area contributed by atoms with E-state index in [1.807, 2.05) is 0 Å². The van der Waals surface area contributed by atoms with Crippen LogP contribution in [-0.2, 0) is 4.79 Å². The van der Waals surface area contributed by atoms with E-state index in [2.05, 4.69) is 13.8 Å². The van der Waals surface area contributed by atoms with Gasteiger partial charge in [0.05, 0.1) is 0 Å². The van der Waals surface area contributed by atoms with Gasteiger partial charge in [0.25, 0.3) is 0 Å². The second-order valence-electron chi connectivity index (χ2n) is 6.70. The number of Topliss-reactive ketones (excluding diaryl/α,β-unsaturated/α-hetero) is 1. The van der Waals surface area contributed by atoms with Gasteiger partial charge in [-0.1, -0.05) is 46.0 Å². The lowest BCUT2D eigenvalue weighted by molar-refractivity contribution is -0.128. The molecule has 18 heavy (non-hydrogen) atoms. The summed E-state index contributed by atoms with van der Waals surface area (Å²) in [6.07, 6.45) is 12.6. The monoisotopic (exact) mass is 250 g/mol. The van der Waals surface area contributed by atoms with Crippen molar-refractivity contribution in [3.05, 3.63) is 0 Å². The summed E-state index contributed by atoms with van der Waals surface area (Å²) in [6.45, 7) is 4.59. The average Bonchev–Trinajstić information content (AvgIpc) is 2.41. The fourth-order valence-electron chi connectivity index (χ4n) is 4.33. The third-order valence-electron chi connectivity index (χ3n) is 5.47. The van der Waals surface area contributed by atoms with Crippen LogP contribution in [-0.4, -0.2) is 5.78 Å². The molecule has 0 heterocycles. The van der Waals surface area contributed by atoms with E-state index in [9.17, 15) is 4.79 Å². The Balaban J connectivity index is 1.94. The molecule has 104 valence electrons. The third kappa shape index (κ3) is 3.36. The zero-order valence-corrected chi connectivity index (χ0v) is 12.3. The highest BCUT2D eigenvalue weighted by atomic mass is 16.1. The van der Waals surface area contributed by atoms with Crippen molar-refractivity contribution in [2.24, 2.45) is 23.7 Å². The number of rotatable bonds is 4. The van der Waals surface area contributed by atoms with E-state index in [1.54, 1.807) is 0 Å². The van der Waals surface area contributed by atoms with Crippen LogP contribution in [0.4, 0.5) is 0 Å². The number of carbonyl (C=O) groups is 1. The lowest BCUT2D eigenvalue weighted by atomic mass is 9.67. The predicted molar refractivity (Wildman–Crippen MR) is 76.5 cm³/mol. The summed E-state index contributed by atoms with van der Waals surface area (Å²) in [5.41, 5.74) is 0. The molecular weight excluding hydrogens is 220 g/mol. The van der Waals surface area contributed by atoms with Gasteiger partial charge in [0.15, 0.2) is 0 Å².